The van der Waals surface area contributed by atoms with E-state index in [1.165, 1.54) is 35.3 Å². The molecule has 35 heavy (non-hydrogen) atoms. The molecule has 5 heteroatoms. The van der Waals surface area contributed by atoms with Crippen LogP contribution in [-0.4, -0.2) is 68.3 Å². The van der Waals surface area contributed by atoms with Crippen LogP contribution >= 0.6 is 0 Å². The van der Waals surface area contributed by atoms with E-state index in [0.717, 1.165) is 26.2 Å². The molecule has 2 aliphatic rings. The van der Waals surface area contributed by atoms with Gasteiger partial charge in [0.25, 0.3) is 0 Å². The fourth-order valence-electron chi connectivity index (χ4n) is 5.16. The Kier molecular flexibility index (Phi) is 7.16. The van der Waals surface area contributed by atoms with Gasteiger partial charge in [0.15, 0.2) is 0 Å². The van der Waals surface area contributed by atoms with E-state index >= 15 is 0 Å². The first kappa shape index (κ1) is 23.9. The van der Waals surface area contributed by atoms with Crippen LogP contribution in [0.2, 0.25) is 0 Å². The van der Waals surface area contributed by atoms with E-state index in [1.807, 2.05) is 0 Å². The number of rotatable bonds is 2. The van der Waals surface area contributed by atoms with Crippen LogP contribution in [0.15, 0.2) is 97.1 Å². The minimum absolute atomic E-state index is 0.983. The van der Waals surface area contributed by atoms with Crippen molar-refractivity contribution in [3.8, 4) is 0 Å². The minimum atomic E-state index is -2.78. The summed E-state index contributed by atoms with van der Waals surface area (Å²) in [6.07, 6.45) is 0. The van der Waals surface area contributed by atoms with Gasteiger partial charge in [-0.2, -0.15) is 0 Å². The van der Waals surface area contributed by atoms with Crippen LogP contribution in [-0.2, 0) is 27.1 Å². The molecule has 2 heterocycles. The zero-order chi connectivity index (χ0) is 23.8. The fourth-order valence-corrected chi connectivity index (χ4v) is 36.5. The normalized spacial score (nSPS) is 17.2. The Hall–Kier alpha value is -1.47. The van der Waals surface area contributed by atoms with Crippen molar-refractivity contribution in [1.82, 2.24) is 9.80 Å². The van der Waals surface area contributed by atoms with Gasteiger partial charge in [-0.3, -0.25) is 0 Å². The SMILES string of the molecule is CN1Cc2cccc[c]2[Bi]([O][Bi]2[c]3ccccc3CN(C)Cc3cccc[c]32)[c]2ccccc2C1. The van der Waals surface area contributed by atoms with Gasteiger partial charge in [0.2, 0.25) is 0 Å². The molecule has 0 unspecified atom stereocenters. The molecule has 6 rings (SSSR count). The van der Waals surface area contributed by atoms with Gasteiger partial charge in [0.05, 0.1) is 0 Å². The summed E-state index contributed by atoms with van der Waals surface area (Å²) in [5.74, 6) is 0. The summed E-state index contributed by atoms with van der Waals surface area (Å²) in [5.41, 5.74) is 5.83. The number of nitrogens with zero attached hydrogens (tertiary/aromatic N) is 2. The van der Waals surface area contributed by atoms with Crippen LogP contribution in [0.1, 0.15) is 22.3 Å². The molecule has 0 radical (unpaired) electrons. The van der Waals surface area contributed by atoms with E-state index in [0.29, 0.717) is 0 Å². The molecule has 0 spiro atoms. The molecule has 0 saturated heterocycles. The first-order valence-corrected chi connectivity index (χ1v) is 21.9. The molecular weight excluding hydrogens is 822 g/mol. The van der Waals surface area contributed by atoms with Gasteiger partial charge in [-0.25, -0.2) is 0 Å². The topological polar surface area (TPSA) is 15.7 Å². The van der Waals surface area contributed by atoms with Crippen molar-refractivity contribution >= 4 is 57.5 Å². The Bertz CT molecular complexity index is 1160. The summed E-state index contributed by atoms with van der Waals surface area (Å²) in [6.45, 7) is 3.93. The Morgan fingerprint density at radius 2 is 0.714 bits per heavy atom. The van der Waals surface area contributed by atoms with E-state index in [1.54, 1.807) is 0 Å². The van der Waals surface area contributed by atoms with E-state index in [9.17, 15) is 0 Å². The predicted octanol–water partition coefficient (Wildman–Crippen LogP) is 2.51. The standard InChI is InChI=1S/2C15H15N.2Bi.O/c2*1-16(12-14-8-4-2-5-9-14)13-15-10-6-3-7-11-15;;;/h2*2-8,10H,12-13H2,1H3;;;. The molecule has 0 amide bonds. The van der Waals surface area contributed by atoms with Gasteiger partial charge in [0, 0.05) is 0 Å². The monoisotopic (exact) mass is 852 g/mol. The van der Waals surface area contributed by atoms with Crippen molar-refractivity contribution in [2.45, 2.75) is 26.2 Å². The molecule has 0 bridgehead atoms. The van der Waals surface area contributed by atoms with Crippen molar-refractivity contribution in [3.63, 3.8) is 0 Å². The Morgan fingerprint density at radius 1 is 0.457 bits per heavy atom. The van der Waals surface area contributed by atoms with Crippen molar-refractivity contribution in [3.05, 3.63) is 119 Å². The van der Waals surface area contributed by atoms with Crippen LogP contribution in [0.25, 0.3) is 0 Å². The van der Waals surface area contributed by atoms with E-state index < -0.39 is 44.4 Å². The summed E-state index contributed by atoms with van der Waals surface area (Å²) in [5, 5.41) is 0. The van der Waals surface area contributed by atoms with Crippen molar-refractivity contribution in [2.75, 3.05) is 14.1 Å². The van der Waals surface area contributed by atoms with E-state index in [4.69, 9.17) is 0.889 Å². The first-order valence-electron chi connectivity index (χ1n) is 12.1. The quantitative estimate of drug-likeness (QED) is 0.289. The molecule has 4 aromatic rings. The molecule has 0 saturated carbocycles. The second-order valence-electron chi connectivity index (χ2n) is 9.53. The van der Waals surface area contributed by atoms with Gasteiger partial charge in [-0.05, 0) is 0 Å². The third-order valence-electron chi connectivity index (χ3n) is 6.77. The van der Waals surface area contributed by atoms with Crippen molar-refractivity contribution in [1.29, 1.82) is 0 Å². The molecule has 4 aromatic carbocycles. The number of fused-ring (bicyclic) bond motifs is 4. The molecule has 176 valence electrons. The van der Waals surface area contributed by atoms with E-state index in [2.05, 4.69) is 121 Å². The number of benzene rings is 4. The molecule has 0 aromatic heterocycles. The summed E-state index contributed by atoms with van der Waals surface area (Å²) in [4.78, 5) is 4.88. The average molecular weight is 853 g/mol. The second kappa shape index (κ2) is 10.5. The third-order valence-corrected chi connectivity index (χ3v) is 32.8. The maximum atomic E-state index is 7.75. The summed E-state index contributed by atoms with van der Waals surface area (Å²) in [6, 6.07) is 36.5. The van der Waals surface area contributed by atoms with Gasteiger partial charge in [-0.15, -0.1) is 0 Å². The zero-order valence-corrected chi connectivity index (χ0v) is 27.2. The third kappa shape index (κ3) is 4.92. The predicted molar refractivity (Wildman–Crippen MR) is 147 cm³/mol. The van der Waals surface area contributed by atoms with Crippen LogP contribution in [0.5, 0.6) is 0 Å². The van der Waals surface area contributed by atoms with Crippen molar-refractivity contribution in [2.24, 2.45) is 0 Å². The van der Waals surface area contributed by atoms with Gasteiger partial charge >= 0.3 is 228 Å². The van der Waals surface area contributed by atoms with Crippen LogP contribution < -0.4 is 13.1 Å². The zero-order valence-electron chi connectivity index (χ0n) is 20.3. The molecule has 0 atom stereocenters. The van der Waals surface area contributed by atoms with Gasteiger partial charge in [-0.1, -0.05) is 0 Å². The van der Waals surface area contributed by atoms with Gasteiger partial charge < -0.3 is 0 Å². The van der Waals surface area contributed by atoms with Crippen LogP contribution in [0.3, 0.4) is 0 Å². The number of hydrogen-bond acceptors (Lipinski definition) is 3. The van der Waals surface area contributed by atoms with Crippen molar-refractivity contribution < 1.29 is 0.889 Å². The summed E-state index contributed by atoms with van der Waals surface area (Å²) < 4.78 is 13.8. The summed E-state index contributed by atoms with van der Waals surface area (Å²) in [7, 11) is 4.47. The van der Waals surface area contributed by atoms with Gasteiger partial charge in [0.1, 0.15) is 0 Å². The Labute approximate surface area is 226 Å². The first-order chi connectivity index (χ1) is 17.2. The molecule has 0 fully saturated rings. The molecule has 3 nitrogen and oxygen atoms in total. The Morgan fingerprint density at radius 3 is 1.00 bits per heavy atom. The fraction of sp³-hybridized carbons (Fsp3) is 0.200. The van der Waals surface area contributed by atoms with Crippen LogP contribution in [0.4, 0.5) is 0 Å². The summed E-state index contributed by atoms with van der Waals surface area (Å²) >= 11 is -5.57. The average Bonchev–Trinajstić information content (AvgIpc) is 2.85. The van der Waals surface area contributed by atoms with E-state index in [-0.39, 0.29) is 0 Å². The second-order valence-corrected chi connectivity index (χ2v) is 27.8. The van der Waals surface area contributed by atoms with Crippen LogP contribution in [0, 0.1) is 0 Å². The maximum absolute atomic E-state index is 7.75. The molecule has 0 aliphatic carbocycles. The number of hydrogen-bond donors (Lipinski definition) is 0. The molecule has 0 N–H and O–H groups in total. The Balaban J connectivity index is 1.54. The molecular formula is C30H30Bi2N2O. The molecule has 2 aliphatic heterocycles.